The van der Waals surface area contributed by atoms with Gasteiger partial charge in [0.2, 0.25) is 0 Å². The van der Waals surface area contributed by atoms with Crippen LogP contribution in [-0.2, 0) is 17.9 Å². The number of carbonyl (C=O) groups excluding carboxylic acids is 2. The zero-order chi connectivity index (χ0) is 31.2. The van der Waals surface area contributed by atoms with E-state index >= 15 is 0 Å². The molecule has 0 unspecified atom stereocenters. The summed E-state index contributed by atoms with van der Waals surface area (Å²) in [6.07, 6.45) is 5.00. The predicted molar refractivity (Wildman–Crippen MR) is 172 cm³/mol. The fourth-order valence-corrected chi connectivity index (χ4v) is 6.28. The van der Waals surface area contributed by atoms with Crippen LogP contribution in [-0.4, -0.2) is 34.3 Å². The van der Waals surface area contributed by atoms with Crippen molar-refractivity contribution in [2.75, 3.05) is 11.5 Å². The van der Waals surface area contributed by atoms with E-state index in [-0.39, 0.29) is 35.7 Å². The van der Waals surface area contributed by atoms with Gasteiger partial charge in [-0.15, -0.1) is 0 Å². The molecular weight excluding hydrogens is 568 g/mol. The maximum Gasteiger partial charge on any atom is 0.270 e. The van der Waals surface area contributed by atoms with Gasteiger partial charge in [-0.05, 0) is 47.7 Å². The second-order valence-corrected chi connectivity index (χ2v) is 11.6. The van der Waals surface area contributed by atoms with Gasteiger partial charge in [0, 0.05) is 31.3 Å². The summed E-state index contributed by atoms with van der Waals surface area (Å²) in [6.45, 7) is 0.704. The van der Waals surface area contributed by atoms with Crippen LogP contribution >= 0.6 is 0 Å². The average molecular weight is 605 g/mol. The number of fused-ring (bicyclic) bond motifs is 1. The van der Waals surface area contributed by atoms with Gasteiger partial charge in [0.25, 0.3) is 17.5 Å². The number of rotatable bonds is 10. The fourth-order valence-electron chi connectivity index (χ4n) is 6.28. The molecule has 9 nitrogen and oxygen atoms in total. The Labute approximate surface area is 262 Å². The van der Waals surface area contributed by atoms with Gasteiger partial charge >= 0.3 is 0 Å². The SMILES string of the molecule is O=C(COc1ccc([C@@H]2N(Cc3ccccc3)C(=O)c3cc([N+](=O)[O-])ccc3N2Cc2ccccc2)cc1)NC1CCCCC1. The van der Waals surface area contributed by atoms with Gasteiger partial charge < -0.3 is 19.9 Å². The van der Waals surface area contributed by atoms with E-state index in [0.717, 1.165) is 42.4 Å². The molecule has 1 atom stereocenters. The van der Waals surface area contributed by atoms with Gasteiger partial charge in [0.05, 0.1) is 16.2 Å². The lowest BCUT2D eigenvalue weighted by Gasteiger charge is -2.46. The van der Waals surface area contributed by atoms with E-state index in [9.17, 15) is 19.7 Å². The molecule has 0 bridgehead atoms. The molecule has 0 radical (unpaired) electrons. The van der Waals surface area contributed by atoms with Crippen LogP contribution in [0, 0.1) is 10.1 Å². The number of non-ortho nitro benzene ring substituents is 1. The fraction of sp³-hybridized carbons (Fsp3) is 0.278. The number of benzene rings is 4. The molecule has 0 aromatic heterocycles. The van der Waals surface area contributed by atoms with Crippen molar-refractivity contribution < 1.29 is 19.2 Å². The summed E-state index contributed by atoms with van der Waals surface area (Å²) in [5.74, 6) is 0.143. The molecule has 2 aliphatic rings. The van der Waals surface area contributed by atoms with Crippen molar-refractivity contribution in [3.63, 3.8) is 0 Å². The Hall–Kier alpha value is -5.18. The summed E-state index contributed by atoms with van der Waals surface area (Å²) < 4.78 is 5.84. The van der Waals surface area contributed by atoms with Crippen LogP contribution in [0.1, 0.15) is 65.3 Å². The maximum atomic E-state index is 14.2. The first-order valence-corrected chi connectivity index (χ1v) is 15.4. The summed E-state index contributed by atoms with van der Waals surface area (Å²) in [5.41, 5.74) is 3.60. The molecular formula is C36H36N4O5. The normalized spacial score (nSPS) is 16.6. The van der Waals surface area contributed by atoms with Crippen molar-refractivity contribution in [3.05, 3.63) is 135 Å². The van der Waals surface area contributed by atoms with Crippen molar-refractivity contribution in [1.82, 2.24) is 10.2 Å². The minimum absolute atomic E-state index is 0.0653. The minimum Gasteiger partial charge on any atom is -0.484 e. The molecule has 45 heavy (non-hydrogen) atoms. The Morgan fingerprint density at radius 2 is 1.44 bits per heavy atom. The van der Waals surface area contributed by atoms with Crippen molar-refractivity contribution in [1.29, 1.82) is 0 Å². The highest BCUT2D eigenvalue weighted by atomic mass is 16.6. The van der Waals surface area contributed by atoms with E-state index in [2.05, 4.69) is 10.2 Å². The number of amides is 2. The molecule has 1 saturated carbocycles. The Bertz CT molecular complexity index is 1640. The van der Waals surface area contributed by atoms with E-state index in [4.69, 9.17) is 4.74 Å². The van der Waals surface area contributed by atoms with Crippen LogP contribution in [0.5, 0.6) is 5.75 Å². The van der Waals surface area contributed by atoms with Crippen molar-refractivity contribution in [2.45, 2.75) is 57.4 Å². The molecule has 1 N–H and O–H groups in total. The van der Waals surface area contributed by atoms with Gasteiger partial charge in [-0.25, -0.2) is 0 Å². The standard InChI is InChI=1S/C36H36N4O5/c41-34(37-29-14-8-3-9-15-29)25-45-31-19-16-28(17-20-31)35-38(23-26-10-4-1-5-11-26)33-21-18-30(40(43)44)22-32(33)36(42)39(35)24-27-12-6-2-7-13-27/h1-2,4-7,10-13,16-22,29,35H,3,8-9,14-15,23-25H2,(H,37,41)/t35-/m0/s1. The number of hydrogen-bond acceptors (Lipinski definition) is 6. The first-order valence-electron chi connectivity index (χ1n) is 15.4. The Balaban J connectivity index is 1.32. The number of anilines is 1. The number of nitrogens with one attached hydrogen (secondary N) is 1. The molecule has 1 heterocycles. The lowest BCUT2D eigenvalue weighted by Crippen LogP contribution is -2.48. The van der Waals surface area contributed by atoms with E-state index in [1.807, 2.05) is 84.9 Å². The van der Waals surface area contributed by atoms with Crippen molar-refractivity contribution >= 4 is 23.2 Å². The lowest BCUT2D eigenvalue weighted by atomic mass is 9.95. The molecule has 0 saturated heterocycles. The molecule has 230 valence electrons. The van der Waals surface area contributed by atoms with Crippen LogP contribution in [0.15, 0.2) is 103 Å². The number of carbonyl (C=O) groups is 2. The first-order chi connectivity index (χ1) is 22.0. The summed E-state index contributed by atoms with van der Waals surface area (Å²) in [7, 11) is 0. The van der Waals surface area contributed by atoms with Gasteiger partial charge in [-0.2, -0.15) is 0 Å². The largest absolute Gasteiger partial charge is 0.484 e. The molecule has 0 spiro atoms. The maximum absolute atomic E-state index is 14.2. The molecule has 1 fully saturated rings. The van der Waals surface area contributed by atoms with Crippen LogP contribution < -0.4 is 15.0 Å². The lowest BCUT2D eigenvalue weighted by molar-refractivity contribution is -0.384. The topological polar surface area (TPSA) is 105 Å². The Kier molecular flexibility index (Phi) is 9.05. The minimum atomic E-state index is -0.518. The summed E-state index contributed by atoms with van der Waals surface area (Å²) in [5, 5.41) is 14.8. The molecule has 1 aliphatic heterocycles. The molecule has 1 aliphatic carbocycles. The van der Waals surface area contributed by atoms with Gasteiger partial charge in [0.15, 0.2) is 6.61 Å². The number of nitro groups is 1. The highest BCUT2D eigenvalue weighted by Crippen LogP contribution is 2.42. The van der Waals surface area contributed by atoms with Crippen LogP contribution in [0.2, 0.25) is 0 Å². The van der Waals surface area contributed by atoms with Crippen molar-refractivity contribution in [2.24, 2.45) is 0 Å². The van der Waals surface area contributed by atoms with E-state index in [0.29, 0.717) is 24.5 Å². The highest BCUT2D eigenvalue weighted by Gasteiger charge is 2.39. The molecule has 6 rings (SSSR count). The van der Waals surface area contributed by atoms with Crippen LogP contribution in [0.4, 0.5) is 11.4 Å². The predicted octanol–water partition coefficient (Wildman–Crippen LogP) is 6.78. The monoisotopic (exact) mass is 604 g/mol. The third-order valence-corrected chi connectivity index (χ3v) is 8.49. The smallest absolute Gasteiger partial charge is 0.270 e. The van der Waals surface area contributed by atoms with E-state index in [1.54, 1.807) is 11.0 Å². The number of nitrogens with zero attached hydrogens (tertiary/aromatic N) is 3. The Morgan fingerprint density at radius 3 is 2.07 bits per heavy atom. The number of hydrogen-bond donors (Lipinski definition) is 1. The molecule has 4 aromatic carbocycles. The number of ether oxygens (including phenoxy) is 1. The molecule has 4 aromatic rings. The third kappa shape index (κ3) is 6.98. The highest BCUT2D eigenvalue weighted by molar-refractivity contribution is 6.02. The zero-order valence-corrected chi connectivity index (χ0v) is 25.0. The third-order valence-electron chi connectivity index (χ3n) is 8.49. The Morgan fingerprint density at radius 1 is 0.822 bits per heavy atom. The van der Waals surface area contributed by atoms with Crippen molar-refractivity contribution in [3.8, 4) is 5.75 Å². The second kappa shape index (κ2) is 13.6. The van der Waals surface area contributed by atoms with Crippen LogP contribution in [0.3, 0.4) is 0 Å². The summed E-state index contributed by atoms with van der Waals surface area (Å²) in [6, 6.07) is 31.8. The second-order valence-electron chi connectivity index (χ2n) is 11.6. The zero-order valence-electron chi connectivity index (χ0n) is 25.0. The summed E-state index contributed by atoms with van der Waals surface area (Å²) in [4.78, 5) is 41.8. The van der Waals surface area contributed by atoms with Gasteiger partial charge in [0.1, 0.15) is 11.9 Å². The van der Waals surface area contributed by atoms with Gasteiger partial charge in [-0.1, -0.05) is 92.1 Å². The summed E-state index contributed by atoms with van der Waals surface area (Å²) >= 11 is 0. The molecule has 2 amide bonds. The first kappa shape index (κ1) is 29.9. The van der Waals surface area contributed by atoms with E-state index < -0.39 is 11.1 Å². The van der Waals surface area contributed by atoms with E-state index in [1.165, 1.54) is 18.6 Å². The molecule has 9 heteroatoms. The quantitative estimate of drug-likeness (QED) is 0.158. The average Bonchev–Trinajstić information content (AvgIpc) is 3.07. The van der Waals surface area contributed by atoms with Gasteiger partial charge in [-0.3, -0.25) is 19.7 Å². The van der Waals surface area contributed by atoms with Crippen LogP contribution in [0.25, 0.3) is 0 Å². The number of nitro benzene ring substituents is 1.